The van der Waals surface area contributed by atoms with Crippen LogP contribution in [0.1, 0.15) is 39.5 Å². The van der Waals surface area contributed by atoms with Crippen LogP contribution < -0.4 is 11.1 Å². The summed E-state index contributed by atoms with van der Waals surface area (Å²) in [4.78, 5) is 11.6. The van der Waals surface area contributed by atoms with Gasteiger partial charge in [-0.05, 0) is 39.2 Å². The molecule has 0 aliphatic heterocycles. The molecule has 3 N–H and O–H groups in total. The average molecular weight is 265 g/mol. The van der Waals surface area contributed by atoms with Crippen LogP contribution in [0.5, 0.6) is 0 Å². The molecule has 0 aromatic carbocycles. The molecule has 1 aliphatic rings. The summed E-state index contributed by atoms with van der Waals surface area (Å²) in [5, 5.41) is 3.03. The van der Waals surface area contributed by atoms with Crippen molar-refractivity contribution < 1.29 is 9.53 Å². The number of carbonyl (C=O) groups excluding carboxylic acids is 1. The molecule has 17 heavy (non-hydrogen) atoms. The number of hydrogen-bond donors (Lipinski definition) is 2. The Balaban J connectivity index is 0.00000256. The summed E-state index contributed by atoms with van der Waals surface area (Å²) in [7, 11) is 0. The molecule has 1 saturated carbocycles. The summed E-state index contributed by atoms with van der Waals surface area (Å²) in [6.07, 6.45) is 4.70. The Kier molecular flexibility index (Phi) is 8.56. The molecule has 0 radical (unpaired) electrons. The monoisotopic (exact) mass is 264 g/mol. The molecule has 0 aromatic heterocycles. The van der Waals surface area contributed by atoms with Gasteiger partial charge in [-0.15, -0.1) is 12.4 Å². The molecule has 0 bridgehead atoms. The van der Waals surface area contributed by atoms with E-state index in [4.69, 9.17) is 10.5 Å². The Hall–Kier alpha value is -0.320. The van der Waals surface area contributed by atoms with E-state index in [-0.39, 0.29) is 37.1 Å². The average Bonchev–Trinajstić information content (AvgIpc) is 2.27. The standard InChI is InChI=1S/C12H24N2O2.ClH/c1-9(2)16-8-12(15)14-11-6-4-3-5-10(11)7-13;/h9-11H,3-8,13H2,1-2H3,(H,14,15);1H. The zero-order valence-corrected chi connectivity index (χ0v) is 11.6. The van der Waals surface area contributed by atoms with Crippen molar-refractivity contribution in [2.75, 3.05) is 13.2 Å². The van der Waals surface area contributed by atoms with Gasteiger partial charge in [-0.1, -0.05) is 12.8 Å². The van der Waals surface area contributed by atoms with Gasteiger partial charge in [-0.3, -0.25) is 4.79 Å². The van der Waals surface area contributed by atoms with E-state index in [1.807, 2.05) is 13.8 Å². The van der Waals surface area contributed by atoms with Crippen molar-refractivity contribution in [1.29, 1.82) is 0 Å². The molecule has 102 valence electrons. The number of rotatable bonds is 5. The highest BCUT2D eigenvalue weighted by molar-refractivity contribution is 5.85. The molecule has 1 rings (SSSR count). The third-order valence-corrected chi connectivity index (χ3v) is 3.11. The molecule has 0 heterocycles. The van der Waals surface area contributed by atoms with E-state index in [0.29, 0.717) is 12.5 Å². The molecule has 4 nitrogen and oxygen atoms in total. The number of halogens is 1. The first-order chi connectivity index (χ1) is 7.63. The van der Waals surface area contributed by atoms with Gasteiger partial charge in [0.15, 0.2) is 0 Å². The number of amides is 1. The summed E-state index contributed by atoms with van der Waals surface area (Å²) in [6, 6.07) is 0.252. The van der Waals surface area contributed by atoms with Gasteiger partial charge in [-0.25, -0.2) is 0 Å². The minimum absolute atomic E-state index is 0. The van der Waals surface area contributed by atoms with Gasteiger partial charge in [0, 0.05) is 6.04 Å². The number of carbonyl (C=O) groups is 1. The summed E-state index contributed by atoms with van der Waals surface area (Å²) in [5.74, 6) is 0.427. The molecular weight excluding hydrogens is 240 g/mol. The van der Waals surface area contributed by atoms with Gasteiger partial charge in [0.05, 0.1) is 6.10 Å². The summed E-state index contributed by atoms with van der Waals surface area (Å²) < 4.78 is 5.27. The summed E-state index contributed by atoms with van der Waals surface area (Å²) in [5.41, 5.74) is 5.71. The molecule has 0 saturated heterocycles. The molecular formula is C12H25ClN2O2. The Morgan fingerprint density at radius 3 is 2.65 bits per heavy atom. The lowest BCUT2D eigenvalue weighted by molar-refractivity contribution is -0.128. The fourth-order valence-electron chi connectivity index (χ4n) is 2.17. The van der Waals surface area contributed by atoms with Crippen molar-refractivity contribution in [3.63, 3.8) is 0 Å². The maximum absolute atomic E-state index is 11.6. The molecule has 2 unspecified atom stereocenters. The van der Waals surface area contributed by atoms with E-state index in [0.717, 1.165) is 12.8 Å². The maximum atomic E-state index is 11.6. The third-order valence-electron chi connectivity index (χ3n) is 3.11. The van der Waals surface area contributed by atoms with Gasteiger partial charge in [0.1, 0.15) is 6.61 Å². The predicted octanol–water partition coefficient (Wildman–Crippen LogP) is 1.47. The van der Waals surface area contributed by atoms with E-state index >= 15 is 0 Å². The molecule has 1 fully saturated rings. The van der Waals surface area contributed by atoms with Crippen LogP contribution in [0.15, 0.2) is 0 Å². The van der Waals surface area contributed by atoms with Crippen LogP contribution >= 0.6 is 12.4 Å². The summed E-state index contributed by atoms with van der Waals surface area (Å²) >= 11 is 0. The molecule has 1 amide bonds. The van der Waals surface area contributed by atoms with Crippen LogP contribution in [0, 0.1) is 5.92 Å². The Morgan fingerprint density at radius 2 is 2.06 bits per heavy atom. The van der Waals surface area contributed by atoms with Gasteiger partial charge in [0.25, 0.3) is 0 Å². The molecule has 0 aromatic rings. The number of hydrogen-bond acceptors (Lipinski definition) is 3. The first-order valence-electron chi connectivity index (χ1n) is 6.24. The van der Waals surface area contributed by atoms with Gasteiger partial charge < -0.3 is 15.8 Å². The minimum Gasteiger partial charge on any atom is -0.369 e. The zero-order valence-electron chi connectivity index (χ0n) is 10.8. The highest BCUT2D eigenvalue weighted by Gasteiger charge is 2.25. The lowest BCUT2D eigenvalue weighted by Gasteiger charge is -2.31. The first kappa shape index (κ1) is 16.7. The van der Waals surface area contributed by atoms with Crippen molar-refractivity contribution in [2.24, 2.45) is 11.7 Å². The van der Waals surface area contributed by atoms with Crippen molar-refractivity contribution in [3.8, 4) is 0 Å². The quantitative estimate of drug-likeness (QED) is 0.790. The molecule has 0 spiro atoms. The van der Waals surface area contributed by atoms with Crippen molar-refractivity contribution in [1.82, 2.24) is 5.32 Å². The van der Waals surface area contributed by atoms with Crippen LogP contribution in [-0.2, 0) is 9.53 Å². The zero-order chi connectivity index (χ0) is 12.0. The largest absolute Gasteiger partial charge is 0.369 e. The van der Waals surface area contributed by atoms with Gasteiger partial charge in [0.2, 0.25) is 5.91 Å². The van der Waals surface area contributed by atoms with E-state index < -0.39 is 0 Å². The normalized spacial score (nSPS) is 24.2. The predicted molar refractivity (Wildman–Crippen MR) is 71.3 cm³/mol. The highest BCUT2D eigenvalue weighted by atomic mass is 35.5. The lowest BCUT2D eigenvalue weighted by Crippen LogP contribution is -2.46. The number of nitrogens with two attached hydrogens (primary N) is 1. The van der Waals surface area contributed by atoms with Crippen LogP contribution in [0.25, 0.3) is 0 Å². The fourth-order valence-corrected chi connectivity index (χ4v) is 2.17. The Bertz CT molecular complexity index is 225. The van der Waals surface area contributed by atoms with E-state index in [9.17, 15) is 4.79 Å². The molecule has 5 heteroatoms. The van der Waals surface area contributed by atoms with E-state index in [1.54, 1.807) is 0 Å². The fraction of sp³-hybridized carbons (Fsp3) is 0.917. The van der Waals surface area contributed by atoms with Crippen LogP contribution in [-0.4, -0.2) is 31.2 Å². The molecule has 1 aliphatic carbocycles. The summed E-state index contributed by atoms with van der Waals surface area (Å²) in [6.45, 7) is 4.68. The van der Waals surface area contributed by atoms with Crippen LogP contribution in [0.4, 0.5) is 0 Å². The third kappa shape index (κ3) is 6.24. The van der Waals surface area contributed by atoms with E-state index in [1.165, 1.54) is 12.8 Å². The smallest absolute Gasteiger partial charge is 0.246 e. The SMILES string of the molecule is CC(C)OCC(=O)NC1CCCCC1CN.Cl. The highest BCUT2D eigenvalue weighted by Crippen LogP contribution is 2.23. The number of nitrogens with one attached hydrogen (secondary N) is 1. The topological polar surface area (TPSA) is 64.3 Å². The second-order valence-electron chi connectivity index (χ2n) is 4.81. The van der Waals surface area contributed by atoms with Crippen LogP contribution in [0.3, 0.4) is 0 Å². The maximum Gasteiger partial charge on any atom is 0.246 e. The second-order valence-corrected chi connectivity index (χ2v) is 4.81. The number of ether oxygens (including phenoxy) is 1. The van der Waals surface area contributed by atoms with Crippen LogP contribution in [0.2, 0.25) is 0 Å². The minimum atomic E-state index is -0.0148. The lowest BCUT2D eigenvalue weighted by atomic mass is 9.84. The Labute approximate surface area is 110 Å². The first-order valence-corrected chi connectivity index (χ1v) is 6.24. The molecule has 2 atom stereocenters. The van der Waals surface area contributed by atoms with Crippen molar-refractivity contribution in [3.05, 3.63) is 0 Å². The van der Waals surface area contributed by atoms with Crippen molar-refractivity contribution >= 4 is 18.3 Å². The van der Waals surface area contributed by atoms with Gasteiger partial charge in [-0.2, -0.15) is 0 Å². The second kappa shape index (κ2) is 8.72. The van der Waals surface area contributed by atoms with Gasteiger partial charge >= 0.3 is 0 Å². The van der Waals surface area contributed by atoms with E-state index in [2.05, 4.69) is 5.32 Å². The Morgan fingerprint density at radius 1 is 1.41 bits per heavy atom. The van der Waals surface area contributed by atoms with Crippen molar-refractivity contribution in [2.45, 2.75) is 51.7 Å².